The third kappa shape index (κ3) is 3.08. The summed E-state index contributed by atoms with van der Waals surface area (Å²) >= 11 is 0. The Kier molecular flexibility index (Phi) is 3.40. The van der Waals surface area contributed by atoms with E-state index in [1.165, 1.54) is 5.56 Å². The number of nitrogens with two attached hydrogens (primary N) is 1. The van der Waals surface area contributed by atoms with Gasteiger partial charge in [0.05, 0.1) is 0 Å². The molecule has 2 rings (SSSR count). The van der Waals surface area contributed by atoms with Crippen LogP contribution in [0.25, 0.3) is 0 Å². The van der Waals surface area contributed by atoms with Crippen molar-refractivity contribution in [1.82, 2.24) is 0 Å². The van der Waals surface area contributed by atoms with Crippen LogP contribution in [0.15, 0.2) is 54.6 Å². The molecule has 2 aromatic carbocycles. The first-order valence-corrected chi connectivity index (χ1v) is 5.48. The van der Waals surface area contributed by atoms with Crippen molar-refractivity contribution in [3.63, 3.8) is 0 Å². The van der Waals surface area contributed by atoms with Crippen molar-refractivity contribution in [3.05, 3.63) is 65.7 Å². The van der Waals surface area contributed by atoms with Crippen molar-refractivity contribution in [3.8, 4) is 0 Å². The molecular weight excluding hydrogens is 210 g/mol. The molecule has 0 bridgehead atoms. The van der Waals surface area contributed by atoms with Gasteiger partial charge in [0.25, 0.3) is 0 Å². The smallest absolute Gasteiger partial charge is 0.122 e. The van der Waals surface area contributed by atoms with Gasteiger partial charge in [-0.1, -0.05) is 30.3 Å². The molecule has 0 amide bonds. The molecule has 0 radical (unpaired) electrons. The van der Waals surface area contributed by atoms with Gasteiger partial charge < -0.3 is 11.1 Å². The van der Waals surface area contributed by atoms with E-state index in [-0.39, 0.29) is 5.84 Å². The summed E-state index contributed by atoms with van der Waals surface area (Å²) in [6.45, 7) is 0.792. The number of anilines is 1. The summed E-state index contributed by atoms with van der Waals surface area (Å²) in [5, 5.41) is 10.6. The van der Waals surface area contributed by atoms with Crippen molar-refractivity contribution >= 4 is 11.5 Å². The molecule has 17 heavy (non-hydrogen) atoms. The zero-order chi connectivity index (χ0) is 12.1. The first-order valence-electron chi connectivity index (χ1n) is 5.48. The maximum absolute atomic E-state index is 7.30. The number of hydrogen-bond donors (Lipinski definition) is 3. The second-order valence-electron chi connectivity index (χ2n) is 3.83. The van der Waals surface area contributed by atoms with Crippen LogP contribution in [0.3, 0.4) is 0 Å². The quantitative estimate of drug-likeness (QED) is 0.553. The number of nitrogens with one attached hydrogen (secondary N) is 2. The molecule has 0 atom stereocenters. The van der Waals surface area contributed by atoms with E-state index < -0.39 is 0 Å². The van der Waals surface area contributed by atoms with E-state index in [4.69, 9.17) is 11.1 Å². The fraction of sp³-hybridized carbons (Fsp3) is 0.0714. The van der Waals surface area contributed by atoms with Gasteiger partial charge in [-0.3, -0.25) is 5.41 Å². The standard InChI is InChI=1S/C14H15N3/c15-14(16)12-6-8-13(9-7-12)17-10-11-4-2-1-3-5-11/h1-9,17H,10H2,(H3,15,16). The molecule has 0 spiro atoms. The molecule has 0 aliphatic heterocycles. The number of nitrogen functional groups attached to an aromatic ring is 1. The van der Waals surface area contributed by atoms with Crippen molar-refractivity contribution in [1.29, 1.82) is 5.41 Å². The SMILES string of the molecule is N=C(N)c1ccc(NCc2ccccc2)cc1. The minimum atomic E-state index is 0.0969. The number of amidine groups is 1. The van der Waals surface area contributed by atoms with Gasteiger partial charge >= 0.3 is 0 Å². The van der Waals surface area contributed by atoms with Gasteiger partial charge in [-0.15, -0.1) is 0 Å². The van der Waals surface area contributed by atoms with Gasteiger partial charge in [0.1, 0.15) is 5.84 Å². The van der Waals surface area contributed by atoms with Crippen LogP contribution in [0.2, 0.25) is 0 Å². The van der Waals surface area contributed by atoms with Gasteiger partial charge in [-0.2, -0.15) is 0 Å². The van der Waals surface area contributed by atoms with E-state index in [1.54, 1.807) is 0 Å². The molecule has 2 aromatic rings. The average Bonchev–Trinajstić information content (AvgIpc) is 2.38. The van der Waals surface area contributed by atoms with Crippen molar-refractivity contribution in [2.45, 2.75) is 6.54 Å². The zero-order valence-electron chi connectivity index (χ0n) is 9.48. The van der Waals surface area contributed by atoms with Crippen LogP contribution in [-0.4, -0.2) is 5.84 Å². The molecule has 0 unspecified atom stereocenters. The molecule has 0 saturated heterocycles. The fourth-order valence-electron chi connectivity index (χ4n) is 1.57. The topological polar surface area (TPSA) is 61.9 Å². The van der Waals surface area contributed by atoms with Crippen molar-refractivity contribution in [2.24, 2.45) is 5.73 Å². The first kappa shape index (κ1) is 11.2. The molecule has 86 valence electrons. The summed E-state index contributed by atoms with van der Waals surface area (Å²) < 4.78 is 0. The Morgan fingerprint density at radius 1 is 1.00 bits per heavy atom. The molecule has 3 heteroatoms. The Balaban J connectivity index is 1.98. The number of rotatable bonds is 4. The Morgan fingerprint density at radius 2 is 1.65 bits per heavy atom. The monoisotopic (exact) mass is 225 g/mol. The Hall–Kier alpha value is -2.29. The molecule has 3 nitrogen and oxygen atoms in total. The molecule has 0 heterocycles. The minimum Gasteiger partial charge on any atom is -0.384 e. The highest BCUT2D eigenvalue weighted by molar-refractivity contribution is 5.95. The van der Waals surface area contributed by atoms with Gasteiger partial charge in [-0.05, 0) is 29.8 Å². The van der Waals surface area contributed by atoms with Gasteiger partial charge in [-0.25, -0.2) is 0 Å². The first-order chi connectivity index (χ1) is 8.25. The third-order valence-electron chi connectivity index (χ3n) is 2.54. The van der Waals surface area contributed by atoms with Crippen LogP contribution >= 0.6 is 0 Å². The minimum absolute atomic E-state index is 0.0969. The van der Waals surface area contributed by atoms with Crippen LogP contribution in [0, 0.1) is 5.41 Å². The van der Waals surface area contributed by atoms with Gasteiger partial charge in [0.2, 0.25) is 0 Å². The summed E-state index contributed by atoms with van der Waals surface area (Å²) in [7, 11) is 0. The normalized spacial score (nSPS) is 9.88. The predicted octanol–water partition coefficient (Wildman–Crippen LogP) is 2.58. The average molecular weight is 225 g/mol. The number of hydrogen-bond acceptors (Lipinski definition) is 2. The Labute approximate surface area is 101 Å². The van der Waals surface area contributed by atoms with E-state index in [0.29, 0.717) is 0 Å². The van der Waals surface area contributed by atoms with Crippen molar-refractivity contribution in [2.75, 3.05) is 5.32 Å². The Bertz CT molecular complexity index is 489. The fourth-order valence-corrected chi connectivity index (χ4v) is 1.57. The van der Waals surface area contributed by atoms with E-state index >= 15 is 0 Å². The molecular formula is C14H15N3. The largest absolute Gasteiger partial charge is 0.384 e. The molecule has 4 N–H and O–H groups in total. The second-order valence-corrected chi connectivity index (χ2v) is 3.83. The number of benzene rings is 2. The predicted molar refractivity (Wildman–Crippen MR) is 71.2 cm³/mol. The summed E-state index contributed by atoms with van der Waals surface area (Å²) in [6, 6.07) is 17.8. The third-order valence-corrected chi connectivity index (χ3v) is 2.54. The summed E-state index contributed by atoms with van der Waals surface area (Å²) in [6.07, 6.45) is 0. The lowest BCUT2D eigenvalue weighted by Crippen LogP contribution is -2.10. The van der Waals surface area contributed by atoms with Crippen LogP contribution in [0.1, 0.15) is 11.1 Å². The molecule has 0 aliphatic rings. The van der Waals surface area contributed by atoms with E-state index in [0.717, 1.165) is 17.8 Å². The van der Waals surface area contributed by atoms with E-state index in [9.17, 15) is 0 Å². The molecule has 0 aliphatic carbocycles. The summed E-state index contributed by atoms with van der Waals surface area (Å²) in [5.41, 5.74) is 8.40. The van der Waals surface area contributed by atoms with E-state index in [1.807, 2.05) is 42.5 Å². The van der Waals surface area contributed by atoms with Crippen LogP contribution in [0.5, 0.6) is 0 Å². The lowest BCUT2D eigenvalue weighted by Gasteiger charge is -2.07. The summed E-state index contributed by atoms with van der Waals surface area (Å²) in [5.74, 6) is 0.0969. The van der Waals surface area contributed by atoms with Crippen LogP contribution < -0.4 is 11.1 Å². The molecule has 0 saturated carbocycles. The maximum atomic E-state index is 7.30. The molecule has 0 fully saturated rings. The highest BCUT2D eigenvalue weighted by Gasteiger charge is 1.96. The lowest BCUT2D eigenvalue weighted by atomic mass is 10.2. The van der Waals surface area contributed by atoms with Crippen LogP contribution in [0.4, 0.5) is 5.69 Å². The lowest BCUT2D eigenvalue weighted by molar-refractivity contribution is 1.15. The van der Waals surface area contributed by atoms with Crippen LogP contribution in [-0.2, 0) is 6.54 Å². The van der Waals surface area contributed by atoms with Crippen molar-refractivity contribution < 1.29 is 0 Å². The Morgan fingerprint density at radius 3 is 2.24 bits per heavy atom. The highest BCUT2D eigenvalue weighted by atomic mass is 14.9. The zero-order valence-corrected chi connectivity index (χ0v) is 9.48. The van der Waals surface area contributed by atoms with E-state index in [2.05, 4.69) is 17.4 Å². The maximum Gasteiger partial charge on any atom is 0.122 e. The highest BCUT2D eigenvalue weighted by Crippen LogP contribution is 2.10. The van der Waals surface area contributed by atoms with Gasteiger partial charge in [0.15, 0.2) is 0 Å². The summed E-state index contributed by atoms with van der Waals surface area (Å²) in [4.78, 5) is 0. The van der Waals surface area contributed by atoms with Gasteiger partial charge in [0, 0.05) is 17.8 Å². The molecule has 0 aromatic heterocycles. The second kappa shape index (κ2) is 5.16.